The van der Waals surface area contributed by atoms with Crippen LogP contribution in [0, 0.1) is 0 Å². The van der Waals surface area contributed by atoms with Crippen molar-refractivity contribution in [2.24, 2.45) is 0 Å². The summed E-state index contributed by atoms with van der Waals surface area (Å²) in [4.78, 5) is 25.5. The monoisotopic (exact) mass is 288 g/mol. The molecule has 0 bridgehead atoms. The zero-order chi connectivity index (χ0) is 14.7. The lowest BCUT2D eigenvalue weighted by molar-refractivity contribution is -0.141. The highest BCUT2D eigenvalue weighted by atomic mass is 16.5. The van der Waals surface area contributed by atoms with Crippen LogP contribution >= 0.6 is 0 Å². The van der Waals surface area contributed by atoms with Crippen molar-refractivity contribution >= 4 is 11.8 Å². The highest BCUT2D eigenvalue weighted by molar-refractivity contribution is 5.90. The van der Waals surface area contributed by atoms with Crippen molar-refractivity contribution in [3.05, 3.63) is 35.9 Å². The van der Waals surface area contributed by atoms with Gasteiger partial charge in [-0.15, -0.1) is 0 Å². The minimum atomic E-state index is -0.340. The van der Waals surface area contributed by atoms with Crippen molar-refractivity contribution in [1.82, 2.24) is 10.2 Å². The number of amides is 2. The van der Waals surface area contributed by atoms with Gasteiger partial charge in [-0.25, -0.2) is 0 Å². The molecule has 2 fully saturated rings. The van der Waals surface area contributed by atoms with Crippen LogP contribution in [0.4, 0.5) is 0 Å². The molecule has 2 atom stereocenters. The lowest BCUT2D eigenvalue weighted by Gasteiger charge is -2.34. The predicted molar refractivity (Wildman–Crippen MR) is 77.6 cm³/mol. The van der Waals surface area contributed by atoms with Gasteiger partial charge >= 0.3 is 0 Å². The van der Waals surface area contributed by atoms with Crippen molar-refractivity contribution in [3.63, 3.8) is 0 Å². The Morgan fingerprint density at radius 1 is 1.33 bits per heavy atom. The Bertz CT molecular complexity index is 518. The molecule has 21 heavy (non-hydrogen) atoms. The van der Waals surface area contributed by atoms with E-state index in [1.54, 1.807) is 0 Å². The minimum Gasteiger partial charge on any atom is -0.374 e. The largest absolute Gasteiger partial charge is 0.374 e. The molecule has 5 nitrogen and oxygen atoms in total. The Balaban J connectivity index is 1.58. The molecular weight excluding hydrogens is 268 g/mol. The lowest BCUT2D eigenvalue weighted by Crippen LogP contribution is -2.52. The quantitative estimate of drug-likeness (QED) is 0.892. The third-order valence-corrected chi connectivity index (χ3v) is 4.05. The first kappa shape index (κ1) is 14.1. The molecule has 112 valence electrons. The van der Waals surface area contributed by atoms with Crippen molar-refractivity contribution in [1.29, 1.82) is 0 Å². The van der Waals surface area contributed by atoms with Crippen LogP contribution in [0.15, 0.2) is 30.3 Å². The van der Waals surface area contributed by atoms with E-state index in [9.17, 15) is 9.59 Å². The van der Waals surface area contributed by atoms with E-state index in [2.05, 4.69) is 17.4 Å². The summed E-state index contributed by atoms with van der Waals surface area (Å²) in [6.07, 6.45) is 1.90. The third-order valence-electron chi connectivity index (χ3n) is 4.05. The van der Waals surface area contributed by atoms with E-state index in [4.69, 9.17) is 4.74 Å². The summed E-state index contributed by atoms with van der Waals surface area (Å²) in [5, 5.41) is 2.74. The summed E-state index contributed by atoms with van der Waals surface area (Å²) < 4.78 is 5.76. The molecule has 1 N–H and O–H groups in total. The maximum atomic E-state index is 12.4. The van der Waals surface area contributed by atoms with Gasteiger partial charge in [0.05, 0.1) is 12.7 Å². The van der Waals surface area contributed by atoms with E-state index < -0.39 is 0 Å². The van der Waals surface area contributed by atoms with Gasteiger partial charge < -0.3 is 15.0 Å². The molecular formula is C16H20N2O3. The fourth-order valence-electron chi connectivity index (χ4n) is 2.94. The number of nitrogens with zero attached hydrogens (tertiary/aromatic N) is 1. The fourth-order valence-corrected chi connectivity index (χ4v) is 2.94. The Labute approximate surface area is 124 Å². The van der Waals surface area contributed by atoms with Crippen LogP contribution in [0.3, 0.4) is 0 Å². The maximum Gasteiger partial charge on any atom is 0.245 e. The van der Waals surface area contributed by atoms with Gasteiger partial charge in [-0.3, -0.25) is 9.59 Å². The molecule has 2 heterocycles. The lowest BCUT2D eigenvalue weighted by atomic mass is 10.1. The number of carbonyl (C=O) groups is 2. The normalized spacial score (nSPS) is 25.7. The first-order valence-corrected chi connectivity index (χ1v) is 7.46. The van der Waals surface area contributed by atoms with Crippen LogP contribution in [-0.4, -0.2) is 48.6 Å². The Morgan fingerprint density at radius 2 is 2.14 bits per heavy atom. The molecule has 2 amide bonds. The molecule has 2 aliphatic rings. The summed E-state index contributed by atoms with van der Waals surface area (Å²) in [5.74, 6) is 0.00431. The number of nitrogens with one attached hydrogen (secondary N) is 1. The van der Waals surface area contributed by atoms with Crippen molar-refractivity contribution < 1.29 is 14.3 Å². The van der Waals surface area contributed by atoms with Gasteiger partial charge in [0.2, 0.25) is 11.8 Å². The summed E-state index contributed by atoms with van der Waals surface area (Å²) in [7, 11) is 0. The molecule has 0 spiro atoms. The predicted octanol–water partition coefficient (Wildman–Crippen LogP) is 0.735. The van der Waals surface area contributed by atoms with Gasteiger partial charge in [0.1, 0.15) is 6.04 Å². The highest BCUT2D eigenvalue weighted by Crippen LogP contribution is 2.15. The number of morpholine rings is 1. The Hall–Kier alpha value is -1.88. The van der Waals surface area contributed by atoms with E-state index in [0.29, 0.717) is 32.5 Å². The average molecular weight is 288 g/mol. The van der Waals surface area contributed by atoms with Crippen molar-refractivity contribution in [2.45, 2.75) is 31.4 Å². The van der Waals surface area contributed by atoms with E-state index >= 15 is 0 Å². The summed E-state index contributed by atoms with van der Waals surface area (Å²) in [6, 6.07) is 9.81. The molecule has 1 aromatic carbocycles. The molecule has 2 saturated heterocycles. The smallest absolute Gasteiger partial charge is 0.245 e. The van der Waals surface area contributed by atoms with Gasteiger partial charge in [0, 0.05) is 25.9 Å². The van der Waals surface area contributed by atoms with Crippen molar-refractivity contribution in [3.8, 4) is 0 Å². The van der Waals surface area contributed by atoms with Crippen molar-refractivity contribution in [2.75, 3.05) is 19.7 Å². The maximum absolute atomic E-state index is 12.4. The van der Waals surface area contributed by atoms with Crippen LogP contribution in [0.1, 0.15) is 18.4 Å². The average Bonchev–Trinajstić information content (AvgIpc) is 2.94. The SMILES string of the molecule is O=C1CCC(C(=O)N2CCOC(Cc3ccccc3)C2)N1. The zero-order valence-electron chi connectivity index (χ0n) is 12.0. The standard InChI is InChI=1S/C16H20N2O3/c19-15-7-6-14(17-15)16(20)18-8-9-21-13(11-18)10-12-4-2-1-3-5-12/h1-5,13-14H,6-11H2,(H,17,19). The first-order chi connectivity index (χ1) is 10.2. The van der Waals surface area contributed by atoms with Crippen LogP contribution in [-0.2, 0) is 20.7 Å². The van der Waals surface area contributed by atoms with Gasteiger partial charge in [0.15, 0.2) is 0 Å². The second kappa shape index (κ2) is 6.26. The minimum absolute atomic E-state index is 0.0255. The molecule has 1 aromatic rings. The van der Waals surface area contributed by atoms with Crippen LogP contribution < -0.4 is 5.32 Å². The van der Waals surface area contributed by atoms with Gasteiger partial charge in [-0.1, -0.05) is 30.3 Å². The molecule has 0 aliphatic carbocycles. The van der Waals surface area contributed by atoms with Gasteiger partial charge in [0.25, 0.3) is 0 Å². The molecule has 2 aliphatic heterocycles. The Morgan fingerprint density at radius 3 is 2.86 bits per heavy atom. The number of carbonyl (C=O) groups excluding carboxylic acids is 2. The van der Waals surface area contributed by atoms with E-state index in [-0.39, 0.29) is 24.0 Å². The summed E-state index contributed by atoms with van der Waals surface area (Å²) in [6.45, 7) is 1.76. The van der Waals surface area contributed by atoms with E-state index in [1.807, 2.05) is 23.1 Å². The summed E-state index contributed by atoms with van der Waals surface area (Å²) >= 11 is 0. The van der Waals surface area contributed by atoms with E-state index in [0.717, 1.165) is 6.42 Å². The number of rotatable bonds is 3. The fraction of sp³-hybridized carbons (Fsp3) is 0.500. The van der Waals surface area contributed by atoms with Crippen LogP contribution in [0.5, 0.6) is 0 Å². The molecule has 0 saturated carbocycles. The van der Waals surface area contributed by atoms with Gasteiger partial charge in [-0.2, -0.15) is 0 Å². The molecule has 5 heteroatoms. The summed E-state index contributed by atoms with van der Waals surface area (Å²) in [5.41, 5.74) is 1.21. The number of benzene rings is 1. The van der Waals surface area contributed by atoms with Crippen LogP contribution in [0.25, 0.3) is 0 Å². The number of ether oxygens (including phenoxy) is 1. The molecule has 2 unspecified atom stereocenters. The first-order valence-electron chi connectivity index (χ1n) is 7.46. The molecule has 3 rings (SSSR count). The Kier molecular flexibility index (Phi) is 4.20. The molecule has 0 radical (unpaired) electrons. The van der Waals surface area contributed by atoms with Gasteiger partial charge in [-0.05, 0) is 12.0 Å². The number of hydrogen-bond donors (Lipinski definition) is 1. The molecule has 0 aromatic heterocycles. The highest BCUT2D eigenvalue weighted by Gasteiger charge is 2.33. The second-order valence-corrected chi connectivity index (χ2v) is 5.63. The van der Waals surface area contributed by atoms with E-state index in [1.165, 1.54) is 5.56 Å². The van der Waals surface area contributed by atoms with Crippen LogP contribution in [0.2, 0.25) is 0 Å². The topological polar surface area (TPSA) is 58.6 Å². The zero-order valence-corrected chi connectivity index (χ0v) is 12.0. The number of hydrogen-bond acceptors (Lipinski definition) is 3. The third kappa shape index (κ3) is 3.42. The second-order valence-electron chi connectivity index (χ2n) is 5.63.